The van der Waals surface area contributed by atoms with Crippen LogP contribution in [0.15, 0.2) is 95.2 Å². The van der Waals surface area contributed by atoms with E-state index in [9.17, 15) is 14.7 Å². The Morgan fingerprint density at radius 3 is 2.09 bits per heavy atom. The summed E-state index contributed by atoms with van der Waals surface area (Å²) >= 11 is 0. The molecule has 3 aromatic carbocycles. The molecule has 4 aromatic rings. The lowest BCUT2D eigenvalue weighted by molar-refractivity contribution is -0.125. The lowest BCUT2D eigenvalue weighted by Crippen LogP contribution is -2.33. The first kappa shape index (κ1) is 21.0. The van der Waals surface area contributed by atoms with Crippen LogP contribution in [0.2, 0.25) is 0 Å². The number of benzene rings is 3. The smallest absolute Gasteiger partial charge is 0.283 e. The van der Waals surface area contributed by atoms with Gasteiger partial charge in [-0.25, -0.2) is 0 Å². The molecule has 0 atom stereocenters. The van der Waals surface area contributed by atoms with E-state index in [-0.39, 0.29) is 24.0 Å². The van der Waals surface area contributed by atoms with Gasteiger partial charge in [0.2, 0.25) is 11.8 Å². The highest BCUT2D eigenvalue weighted by molar-refractivity contribution is 5.95. The molecule has 1 aromatic heterocycles. The molecule has 0 aliphatic carbocycles. The van der Waals surface area contributed by atoms with Crippen LogP contribution in [0.4, 0.5) is 5.69 Å². The van der Waals surface area contributed by atoms with E-state index in [0.717, 1.165) is 16.6 Å². The predicted molar refractivity (Wildman–Crippen MR) is 122 cm³/mol. The molecule has 0 spiro atoms. The number of hydrogen-bond donors (Lipinski definition) is 2. The average molecular weight is 426 g/mol. The van der Waals surface area contributed by atoms with Crippen molar-refractivity contribution in [3.63, 3.8) is 0 Å². The second-order valence-corrected chi connectivity index (χ2v) is 7.31. The normalized spacial score (nSPS) is 11.3. The molecule has 0 radical (unpaired) electrons. The van der Waals surface area contributed by atoms with Crippen LogP contribution in [0.5, 0.6) is 5.88 Å². The fourth-order valence-electron chi connectivity index (χ4n) is 3.65. The second-order valence-electron chi connectivity index (χ2n) is 7.31. The molecule has 7 nitrogen and oxygen atoms in total. The summed E-state index contributed by atoms with van der Waals surface area (Å²) in [6, 6.07) is 26.0. The summed E-state index contributed by atoms with van der Waals surface area (Å²) in [6.45, 7) is -0.302. The number of nitrogens with zero attached hydrogens (tertiary/aromatic N) is 3. The number of rotatable bonds is 6. The molecule has 0 saturated carbocycles. The molecule has 0 bridgehead atoms. The molecule has 7 heteroatoms. The standard InChI is InChI=1S/C25H22N4O3/c1-29-20-15-9-8-14-19(20)23(25(29)32)28-27-21(30)16-26-24(31)22(17-10-4-2-5-11-17)18-12-6-3-7-13-18/h2-15,22,32H,16H2,1H3,(H,26,31). The quantitative estimate of drug-likeness (QED) is 0.446. The average Bonchev–Trinajstić information content (AvgIpc) is 3.07. The van der Waals surface area contributed by atoms with Crippen molar-refractivity contribution in [3.05, 3.63) is 96.1 Å². The highest BCUT2D eigenvalue weighted by Crippen LogP contribution is 2.37. The third-order valence-corrected chi connectivity index (χ3v) is 5.25. The van der Waals surface area contributed by atoms with E-state index in [1.54, 1.807) is 17.7 Å². The summed E-state index contributed by atoms with van der Waals surface area (Å²) < 4.78 is 1.57. The number of carbonyl (C=O) groups is 2. The second kappa shape index (κ2) is 9.26. The van der Waals surface area contributed by atoms with Gasteiger partial charge in [0, 0.05) is 12.4 Å². The Hall–Kier alpha value is -4.26. The van der Waals surface area contributed by atoms with Crippen molar-refractivity contribution in [1.29, 1.82) is 0 Å². The number of azo groups is 1. The van der Waals surface area contributed by atoms with Gasteiger partial charge in [-0.2, -0.15) is 0 Å². The highest BCUT2D eigenvalue weighted by Gasteiger charge is 2.23. The van der Waals surface area contributed by atoms with E-state index in [1.807, 2.05) is 78.9 Å². The summed E-state index contributed by atoms with van der Waals surface area (Å²) in [5.41, 5.74) is 2.64. The van der Waals surface area contributed by atoms with Gasteiger partial charge >= 0.3 is 0 Å². The molecule has 0 saturated heterocycles. The first-order chi connectivity index (χ1) is 15.6. The fourth-order valence-corrected chi connectivity index (χ4v) is 3.65. The van der Waals surface area contributed by atoms with Crippen molar-refractivity contribution >= 4 is 28.4 Å². The molecule has 1 heterocycles. The summed E-state index contributed by atoms with van der Waals surface area (Å²) in [5.74, 6) is -1.56. The van der Waals surface area contributed by atoms with Gasteiger partial charge < -0.3 is 15.0 Å². The van der Waals surface area contributed by atoms with Gasteiger partial charge in [0.1, 0.15) is 6.54 Å². The molecule has 2 N–H and O–H groups in total. The van der Waals surface area contributed by atoms with Crippen LogP contribution < -0.4 is 5.32 Å². The van der Waals surface area contributed by atoms with Crippen molar-refractivity contribution in [2.45, 2.75) is 5.92 Å². The SMILES string of the molecule is Cn1c(O)c(N=NC(=O)CNC(=O)C(c2ccccc2)c2ccccc2)c2ccccc21. The number of carbonyl (C=O) groups excluding carboxylic acids is 2. The molecular formula is C25H22N4O3. The van der Waals surface area contributed by atoms with Crippen LogP contribution in [0.25, 0.3) is 10.9 Å². The highest BCUT2D eigenvalue weighted by atomic mass is 16.3. The zero-order chi connectivity index (χ0) is 22.5. The number of aromatic hydroxyl groups is 1. The summed E-state index contributed by atoms with van der Waals surface area (Å²) in [4.78, 5) is 25.3. The van der Waals surface area contributed by atoms with Crippen LogP contribution >= 0.6 is 0 Å². The van der Waals surface area contributed by atoms with Crippen LogP contribution in [0, 0.1) is 0 Å². The van der Waals surface area contributed by atoms with E-state index in [4.69, 9.17) is 0 Å². The van der Waals surface area contributed by atoms with Crippen LogP contribution in [-0.2, 0) is 16.6 Å². The van der Waals surface area contributed by atoms with Gasteiger partial charge in [0.25, 0.3) is 5.91 Å². The molecule has 32 heavy (non-hydrogen) atoms. The van der Waals surface area contributed by atoms with Crippen LogP contribution in [0.3, 0.4) is 0 Å². The molecule has 0 aliphatic rings. The van der Waals surface area contributed by atoms with Gasteiger partial charge in [0.05, 0.1) is 11.4 Å². The van der Waals surface area contributed by atoms with Crippen molar-refractivity contribution in [3.8, 4) is 5.88 Å². The number of para-hydroxylation sites is 1. The largest absolute Gasteiger partial charge is 0.493 e. The molecule has 0 fully saturated rings. The number of fused-ring (bicyclic) bond motifs is 1. The molecule has 2 amide bonds. The van der Waals surface area contributed by atoms with Gasteiger partial charge in [0.15, 0.2) is 5.69 Å². The van der Waals surface area contributed by atoms with E-state index in [0.29, 0.717) is 5.39 Å². The van der Waals surface area contributed by atoms with Crippen molar-refractivity contribution in [2.24, 2.45) is 17.3 Å². The Kier molecular flexibility index (Phi) is 6.07. The number of hydrogen-bond acceptors (Lipinski definition) is 4. The maximum absolute atomic E-state index is 13.0. The lowest BCUT2D eigenvalue weighted by atomic mass is 9.90. The van der Waals surface area contributed by atoms with Crippen LogP contribution in [-0.4, -0.2) is 28.0 Å². The minimum atomic E-state index is -0.620. The minimum absolute atomic E-state index is 0.0833. The zero-order valence-corrected chi connectivity index (χ0v) is 17.5. The number of nitrogens with one attached hydrogen (secondary N) is 1. The fraction of sp³-hybridized carbons (Fsp3) is 0.120. The van der Waals surface area contributed by atoms with Crippen molar-refractivity contribution in [2.75, 3.05) is 6.54 Å². The maximum atomic E-state index is 13.0. The van der Waals surface area contributed by atoms with E-state index in [1.165, 1.54) is 0 Å². The van der Waals surface area contributed by atoms with Crippen LogP contribution in [0.1, 0.15) is 17.0 Å². The van der Waals surface area contributed by atoms with E-state index >= 15 is 0 Å². The summed E-state index contributed by atoms with van der Waals surface area (Å²) in [5, 5.41) is 21.3. The molecule has 4 rings (SSSR count). The Morgan fingerprint density at radius 2 is 1.47 bits per heavy atom. The summed E-state index contributed by atoms with van der Waals surface area (Å²) in [6.07, 6.45) is 0. The molecule has 160 valence electrons. The Bertz CT molecular complexity index is 1240. The Balaban J connectivity index is 1.49. The minimum Gasteiger partial charge on any atom is -0.493 e. The van der Waals surface area contributed by atoms with Crippen molar-refractivity contribution < 1.29 is 14.7 Å². The van der Waals surface area contributed by atoms with E-state index in [2.05, 4.69) is 15.5 Å². The zero-order valence-electron chi connectivity index (χ0n) is 17.5. The van der Waals surface area contributed by atoms with Crippen molar-refractivity contribution in [1.82, 2.24) is 9.88 Å². The topological polar surface area (TPSA) is 96.0 Å². The number of aromatic nitrogens is 1. The monoisotopic (exact) mass is 426 g/mol. The predicted octanol–water partition coefficient (Wildman–Crippen LogP) is 4.44. The molecular weight excluding hydrogens is 404 g/mol. The molecule has 0 unspecified atom stereocenters. The number of aryl methyl sites for hydroxylation is 1. The van der Waals surface area contributed by atoms with Gasteiger partial charge in [-0.1, -0.05) is 78.9 Å². The number of amides is 2. The Labute approximate surface area is 185 Å². The Morgan fingerprint density at radius 1 is 0.906 bits per heavy atom. The third-order valence-electron chi connectivity index (χ3n) is 5.25. The van der Waals surface area contributed by atoms with Gasteiger partial charge in [-0.05, 0) is 17.2 Å². The van der Waals surface area contributed by atoms with Gasteiger partial charge in [-0.15, -0.1) is 10.2 Å². The third kappa shape index (κ3) is 4.27. The summed E-state index contributed by atoms with van der Waals surface area (Å²) in [7, 11) is 1.70. The van der Waals surface area contributed by atoms with E-state index < -0.39 is 11.8 Å². The first-order valence-corrected chi connectivity index (χ1v) is 10.1. The lowest BCUT2D eigenvalue weighted by Gasteiger charge is -2.17. The maximum Gasteiger partial charge on any atom is 0.283 e. The molecule has 0 aliphatic heterocycles. The first-order valence-electron chi connectivity index (χ1n) is 10.1. The van der Waals surface area contributed by atoms with Gasteiger partial charge in [-0.3, -0.25) is 9.59 Å².